The first-order valence-corrected chi connectivity index (χ1v) is 6.68. The van der Waals surface area contributed by atoms with Gasteiger partial charge in [-0.05, 0) is 23.8 Å². The van der Waals surface area contributed by atoms with Crippen molar-refractivity contribution < 1.29 is 39.5 Å². The number of anilines is 2. The number of alkyl halides is 9. The predicted molar refractivity (Wildman–Crippen MR) is 75.7 cm³/mol. The maximum atomic E-state index is 13.3. The van der Waals surface area contributed by atoms with E-state index in [-0.39, 0.29) is 12.1 Å². The minimum Gasteiger partial charge on any atom is -0.398 e. The molecule has 0 radical (unpaired) electrons. The number of nitrogens with two attached hydrogens (primary N) is 2. The van der Waals surface area contributed by atoms with Crippen LogP contribution < -0.4 is 11.5 Å². The molecule has 142 valence electrons. The normalized spacial score (nSPS) is 13.1. The molecule has 2 aromatic rings. The molecular weight excluding hydrogens is 379 g/mol. The molecule has 0 amide bonds. The van der Waals surface area contributed by atoms with Crippen LogP contribution in [0.3, 0.4) is 0 Å². The largest absolute Gasteiger partial charge is 0.419 e. The molecule has 0 saturated carbocycles. The second-order valence-corrected chi connectivity index (χ2v) is 5.25. The molecule has 0 atom stereocenters. The van der Waals surface area contributed by atoms with E-state index in [1.54, 1.807) is 0 Å². The van der Waals surface area contributed by atoms with Gasteiger partial charge in [-0.25, -0.2) is 0 Å². The summed E-state index contributed by atoms with van der Waals surface area (Å²) < 4.78 is 118. The lowest BCUT2D eigenvalue weighted by Gasteiger charge is -2.23. The Bertz CT molecular complexity index is 794. The molecule has 2 aromatic carbocycles. The number of halogens is 9. The Morgan fingerprint density at radius 1 is 0.615 bits per heavy atom. The van der Waals surface area contributed by atoms with Crippen LogP contribution in [0.4, 0.5) is 50.9 Å². The van der Waals surface area contributed by atoms with Crippen molar-refractivity contribution >= 4 is 11.4 Å². The first-order valence-electron chi connectivity index (χ1n) is 6.68. The first kappa shape index (κ1) is 19.7. The van der Waals surface area contributed by atoms with E-state index in [1.165, 1.54) is 0 Å². The lowest BCUT2D eigenvalue weighted by atomic mass is 9.90. The number of hydrogen-bond donors (Lipinski definition) is 2. The van der Waals surface area contributed by atoms with Gasteiger partial charge in [-0.3, -0.25) is 0 Å². The van der Waals surface area contributed by atoms with E-state index in [2.05, 4.69) is 0 Å². The standard InChI is InChI=1S/C15H9F9N2/c16-13(17,18)7-3-1-2-6(4-7)10-11(14(19,20)21)8(25)5-9(26)12(10)15(22,23)24/h1-5H,25-26H2. The van der Waals surface area contributed by atoms with Gasteiger partial charge in [0.05, 0.1) is 16.7 Å². The lowest BCUT2D eigenvalue weighted by molar-refractivity contribution is -0.141. The Morgan fingerprint density at radius 3 is 1.46 bits per heavy atom. The average Bonchev–Trinajstić information content (AvgIpc) is 2.42. The Morgan fingerprint density at radius 2 is 1.08 bits per heavy atom. The van der Waals surface area contributed by atoms with E-state index in [0.717, 1.165) is 0 Å². The highest BCUT2D eigenvalue weighted by Gasteiger charge is 2.44. The van der Waals surface area contributed by atoms with Crippen LogP contribution in [0, 0.1) is 0 Å². The molecule has 0 heterocycles. The third-order valence-electron chi connectivity index (χ3n) is 3.43. The van der Waals surface area contributed by atoms with Crippen LogP contribution in [0.15, 0.2) is 30.3 Å². The molecule has 0 aromatic heterocycles. The molecule has 2 rings (SSSR count). The molecule has 2 nitrogen and oxygen atoms in total. The molecular formula is C15H9F9N2. The summed E-state index contributed by atoms with van der Waals surface area (Å²) in [7, 11) is 0. The van der Waals surface area contributed by atoms with Crippen molar-refractivity contribution in [2.24, 2.45) is 0 Å². The molecule has 0 unspecified atom stereocenters. The summed E-state index contributed by atoms with van der Waals surface area (Å²) in [6, 6.07) is 2.35. The maximum absolute atomic E-state index is 13.3. The van der Waals surface area contributed by atoms with Gasteiger partial charge in [-0.15, -0.1) is 0 Å². The molecule has 0 saturated heterocycles. The minimum atomic E-state index is -5.36. The maximum Gasteiger partial charge on any atom is 0.419 e. The van der Waals surface area contributed by atoms with Crippen LogP contribution in [0.1, 0.15) is 16.7 Å². The Labute approximate surface area is 140 Å². The van der Waals surface area contributed by atoms with Crippen LogP contribution in [-0.2, 0) is 18.5 Å². The topological polar surface area (TPSA) is 52.0 Å². The summed E-state index contributed by atoms with van der Waals surface area (Å²) in [5, 5.41) is 0. The Balaban J connectivity index is 2.99. The van der Waals surface area contributed by atoms with Gasteiger partial charge in [-0.1, -0.05) is 12.1 Å². The summed E-state index contributed by atoms with van der Waals surface area (Å²) in [5.41, 5.74) is 0.391. The van der Waals surface area contributed by atoms with Crippen molar-refractivity contribution in [1.82, 2.24) is 0 Å². The SMILES string of the molecule is Nc1cc(N)c(C(F)(F)F)c(-c2cccc(C(F)(F)F)c2)c1C(F)(F)F. The van der Waals surface area contributed by atoms with E-state index < -0.39 is 57.7 Å². The van der Waals surface area contributed by atoms with Gasteiger partial charge in [-0.2, -0.15) is 39.5 Å². The van der Waals surface area contributed by atoms with E-state index in [1.807, 2.05) is 0 Å². The smallest absolute Gasteiger partial charge is 0.398 e. The number of nitrogen functional groups attached to an aromatic ring is 2. The van der Waals surface area contributed by atoms with Gasteiger partial charge in [0.2, 0.25) is 0 Å². The molecule has 0 spiro atoms. The third-order valence-corrected chi connectivity index (χ3v) is 3.43. The highest BCUT2D eigenvalue weighted by atomic mass is 19.4. The summed E-state index contributed by atoms with van der Waals surface area (Å²) in [6.07, 6.45) is -15.7. The van der Waals surface area contributed by atoms with Crippen LogP contribution >= 0.6 is 0 Å². The highest BCUT2D eigenvalue weighted by molar-refractivity contribution is 5.83. The fourth-order valence-corrected chi connectivity index (χ4v) is 2.48. The number of rotatable bonds is 1. The predicted octanol–water partition coefficient (Wildman–Crippen LogP) is 5.57. The van der Waals surface area contributed by atoms with E-state index in [9.17, 15) is 39.5 Å². The number of hydrogen-bond acceptors (Lipinski definition) is 2. The zero-order valence-corrected chi connectivity index (χ0v) is 12.4. The molecule has 0 aliphatic rings. The zero-order valence-electron chi connectivity index (χ0n) is 12.4. The summed E-state index contributed by atoms with van der Waals surface area (Å²) in [4.78, 5) is 0. The van der Waals surface area contributed by atoms with Crippen LogP contribution in [0.25, 0.3) is 11.1 Å². The fraction of sp³-hybridized carbons (Fsp3) is 0.200. The molecule has 0 fully saturated rings. The van der Waals surface area contributed by atoms with E-state index in [0.29, 0.717) is 18.2 Å². The van der Waals surface area contributed by atoms with Gasteiger partial charge in [0, 0.05) is 16.9 Å². The summed E-state index contributed by atoms with van der Waals surface area (Å²) >= 11 is 0. The Kier molecular flexibility index (Phi) is 4.55. The van der Waals surface area contributed by atoms with Crippen molar-refractivity contribution in [2.75, 3.05) is 11.5 Å². The lowest BCUT2D eigenvalue weighted by Crippen LogP contribution is -2.19. The highest BCUT2D eigenvalue weighted by Crippen LogP contribution is 2.50. The summed E-state index contributed by atoms with van der Waals surface area (Å²) in [6.45, 7) is 0. The monoisotopic (exact) mass is 388 g/mol. The minimum absolute atomic E-state index is 0.179. The van der Waals surface area contributed by atoms with Crippen LogP contribution in [-0.4, -0.2) is 0 Å². The van der Waals surface area contributed by atoms with Gasteiger partial charge in [0.1, 0.15) is 0 Å². The third kappa shape index (κ3) is 3.65. The fourth-order valence-electron chi connectivity index (χ4n) is 2.48. The van der Waals surface area contributed by atoms with Crippen LogP contribution in [0.5, 0.6) is 0 Å². The second-order valence-electron chi connectivity index (χ2n) is 5.25. The molecule has 0 bridgehead atoms. The first-order chi connectivity index (χ1) is 11.6. The zero-order chi connectivity index (χ0) is 20.1. The quantitative estimate of drug-likeness (QED) is 0.495. The molecule has 11 heteroatoms. The van der Waals surface area contributed by atoms with E-state index >= 15 is 0 Å². The van der Waals surface area contributed by atoms with Crippen molar-refractivity contribution in [1.29, 1.82) is 0 Å². The molecule has 0 aliphatic carbocycles. The molecule has 4 N–H and O–H groups in total. The molecule has 26 heavy (non-hydrogen) atoms. The van der Waals surface area contributed by atoms with Crippen molar-refractivity contribution in [2.45, 2.75) is 18.5 Å². The Hall–Kier alpha value is -2.59. The van der Waals surface area contributed by atoms with Gasteiger partial charge in [0.25, 0.3) is 0 Å². The summed E-state index contributed by atoms with van der Waals surface area (Å²) in [5.74, 6) is 0. The second kappa shape index (κ2) is 5.99. The van der Waals surface area contributed by atoms with Gasteiger partial charge in [0.15, 0.2) is 0 Å². The van der Waals surface area contributed by atoms with Crippen molar-refractivity contribution in [3.8, 4) is 11.1 Å². The van der Waals surface area contributed by atoms with Crippen molar-refractivity contribution in [3.05, 3.63) is 47.0 Å². The van der Waals surface area contributed by atoms with Gasteiger partial charge < -0.3 is 11.5 Å². The molecule has 0 aliphatic heterocycles. The van der Waals surface area contributed by atoms with Crippen LogP contribution in [0.2, 0.25) is 0 Å². The van der Waals surface area contributed by atoms with Gasteiger partial charge >= 0.3 is 18.5 Å². The average molecular weight is 388 g/mol. The van der Waals surface area contributed by atoms with Crippen molar-refractivity contribution in [3.63, 3.8) is 0 Å². The van der Waals surface area contributed by atoms with E-state index in [4.69, 9.17) is 11.5 Å². The number of benzene rings is 2.